The van der Waals surface area contributed by atoms with Gasteiger partial charge in [-0.15, -0.1) is 0 Å². The van der Waals surface area contributed by atoms with Crippen LogP contribution in [0.5, 0.6) is 0 Å². The lowest BCUT2D eigenvalue weighted by Gasteiger charge is -2.35. The molecular weight excluding hydrogens is 445 g/mol. The highest BCUT2D eigenvalue weighted by molar-refractivity contribution is 6.30. The van der Waals surface area contributed by atoms with Gasteiger partial charge in [-0.05, 0) is 42.0 Å². The number of halogens is 2. The molecule has 6 nitrogen and oxygen atoms in total. The monoisotopic (exact) mass is 467 g/mol. The van der Waals surface area contributed by atoms with Crippen LogP contribution in [0.25, 0.3) is 6.08 Å². The summed E-state index contributed by atoms with van der Waals surface area (Å²) in [4.78, 5) is 25.7. The minimum absolute atomic E-state index is 0.241. The van der Waals surface area contributed by atoms with Crippen LogP contribution >= 0.6 is 23.2 Å². The first-order valence-corrected chi connectivity index (χ1v) is 11.1. The lowest BCUT2D eigenvalue weighted by Crippen LogP contribution is -2.46. The Balaban J connectivity index is 1.34. The van der Waals surface area contributed by atoms with Gasteiger partial charge in [0.15, 0.2) is 5.82 Å². The topological polar surface area (TPSA) is 61.4 Å². The van der Waals surface area contributed by atoms with E-state index in [4.69, 9.17) is 23.2 Å². The van der Waals surface area contributed by atoms with E-state index in [1.807, 2.05) is 36.4 Å². The van der Waals surface area contributed by atoms with Gasteiger partial charge in [0.2, 0.25) is 0 Å². The maximum Gasteiger partial charge on any atom is 0.255 e. The molecule has 0 unspecified atom stereocenters. The van der Waals surface area contributed by atoms with Crippen LogP contribution in [0, 0.1) is 0 Å². The molecule has 0 bridgehead atoms. The predicted octanol–water partition coefficient (Wildman–Crippen LogP) is 4.87. The standard InChI is InChI=1S/C24H23Cl2N5O/c25-20-7-5-18(6-8-20)3-2-12-30-13-15-31(16-14-30)23-21(4-1-10-28-23)29-24(32)19-9-11-27-22(26)17-19/h1-11,17H,12-16H2,(H,29,32)/b3-2+. The molecule has 3 aromatic rings. The fraction of sp³-hybridized carbons (Fsp3) is 0.208. The number of hydrogen-bond donors (Lipinski definition) is 1. The average Bonchev–Trinajstić information content (AvgIpc) is 2.81. The fourth-order valence-corrected chi connectivity index (χ4v) is 3.84. The van der Waals surface area contributed by atoms with Crippen molar-refractivity contribution in [1.82, 2.24) is 14.9 Å². The van der Waals surface area contributed by atoms with Crippen molar-refractivity contribution in [2.45, 2.75) is 0 Å². The molecule has 0 radical (unpaired) electrons. The summed E-state index contributed by atoms with van der Waals surface area (Å²) < 4.78 is 0. The lowest BCUT2D eigenvalue weighted by atomic mass is 10.2. The molecule has 0 atom stereocenters. The van der Waals surface area contributed by atoms with Gasteiger partial charge in [-0.2, -0.15) is 0 Å². The molecule has 1 aliphatic heterocycles. The molecule has 1 fully saturated rings. The smallest absolute Gasteiger partial charge is 0.255 e. The predicted molar refractivity (Wildman–Crippen MR) is 131 cm³/mol. The number of rotatable bonds is 6. The molecule has 1 N–H and O–H groups in total. The van der Waals surface area contributed by atoms with Gasteiger partial charge in [0, 0.05) is 55.7 Å². The van der Waals surface area contributed by atoms with Gasteiger partial charge in [0.05, 0.1) is 5.69 Å². The number of pyridine rings is 2. The molecule has 1 aliphatic rings. The van der Waals surface area contributed by atoms with Crippen LogP contribution in [0.3, 0.4) is 0 Å². The Hall–Kier alpha value is -2.93. The Morgan fingerprint density at radius 2 is 1.78 bits per heavy atom. The number of nitrogens with zero attached hydrogens (tertiary/aromatic N) is 4. The van der Waals surface area contributed by atoms with Crippen LogP contribution in [0.15, 0.2) is 67.0 Å². The van der Waals surface area contributed by atoms with E-state index in [2.05, 4.69) is 37.2 Å². The van der Waals surface area contributed by atoms with E-state index >= 15 is 0 Å². The van der Waals surface area contributed by atoms with Gasteiger partial charge in [-0.1, -0.05) is 47.5 Å². The Kier molecular flexibility index (Phi) is 7.37. The van der Waals surface area contributed by atoms with Gasteiger partial charge in [0.25, 0.3) is 5.91 Å². The lowest BCUT2D eigenvalue weighted by molar-refractivity contribution is 0.102. The summed E-state index contributed by atoms with van der Waals surface area (Å²) >= 11 is 11.8. The second kappa shape index (κ2) is 10.6. The SMILES string of the molecule is O=C(Nc1cccnc1N1CCN(C/C=C/c2ccc(Cl)cc2)CC1)c1ccnc(Cl)c1. The first-order valence-electron chi connectivity index (χ1n) is 10.4. The van der Waals surface area contributed by atoms with E-state index in [1.165, 1.54) is 6.20 Å². The minimum Gasteiger partial charge on any atom is -0.352 e. The van der Waals surface area contributed by atoms with Crippen LogP contribution in [0.4, 0.5) is 11.5 Å². The van der Waals surface area contributed by atoms with E-state index in [0.717, 1.165) is 49.1 Å². The molecular formula is C24H23Cl2N5O. The number of nitrogens with one attached hydrogen (secondary N) is 1. The van der Waals surface area contributed by atoms with Crippen molar-refractivity contribution in [2.75, 3.05) is 42.9 Å². The van der Waals surface area contributed by atoms with Crippen molar-refractivity contribution in [3.05, 3.63) is 88.3 Å². The van der Waals surface area contributed by atoms with E-state index in [9.17, 15) is 4.79 Å². The minimum atomic E-state index is -0.241. The Morgan fingerprint density at radius 3 is 2.53 bits per heavy atom. The molecule has 2 aromatic heterocycles. The highest BCUT2D eigenvalue weighted by atomic mass is 35.5. The largest absolute Gasteiger partial charge is 0.352 e. The molecule has 0 spiro atoms. The van der Waals surface area contributed by atoms with Crippen LogP contribution in [0.2, 0.25) is 10.2 Å². The summed E-state index contributed by atoms with van der Waals surface area (Å²) in [6.07, 6.45) is 7.54. The Bertz CT molecular complexity index is 1100. The van der Waals surface area contributed by atoms with E-state index in [-0.39, 0.29) is 11.1 Å². The zero-order valence-corrected chi connectivity index (χ0v) is 18.9. The molecule has 0 aliphatic carbocycles. The number of piperazine rings is 1. The van der Waals surface area contributed by atoms with Crippen molar-refractivity contribution in [3.63, 3.8) is 0 Å². The van der Waals surface area contributed by atoms with Gasteiger partial charge in [-0.25, -0.2) is 9.97 Å². The summed E-state index contributed by atoms with van der Waals surface area (Å²) in [7, 11) is 0. The Morgan fingerprint density at radius 1 is 1.00 bits per heavy atom. The number of hydrogen-bond acceptors (Lipinski definition) is 5. The number of benzene rings is 1. The van der Waals surface area contributed by atoms with Crippen molar-refractivity contribution in [2.24, 2.45) is 0 Å². The van der Waals surface area contributed by atoms with Crippen molar-refractivity contribution in [3.8, 4) is 0 Å². The fourth-order valence-electron chi connectivity index (χ4n) is 3.54. The van der Waals surface area contributed by atoms with E-state index < -0.39 is 0 Å². The summed E-state index contributed by atoms with van der Waals surface area (Å²) in [5.41, 5.74) is 2.27. The zero-order valence-electron chi connectivity index (χ0n) is 17.4. The third kappa shape index (κ3) is 5.85. The summed E-state index contributed by atoms with van der Waals surface area (Å²) in [5, 5.41) is 3.98. The second-order valence-electron chi connectivity index (χ2n) is 7.44. The molecule has 0 saturated carbocycles. The van der Waals surface area contributed by atoms with Crippen LogP contribution in [-0.2, 0) is 0 Å². The summed E-state index contributed by atoms with van der Waals surface area (Å²) in [6, 6.07) is 14.7. The van der Waals surface area contributed by atoms with Crippen molar-refractivity contribution in [1.29, 1.82) is 0 Å². The van der Waals surface area contributed by atoms with Crippen LogP contribution in [0.1, 0.15) is 15.9 Å². The molecule has 1 saturated heterocycles. The third-order valence-corrected chi connectivity index (χ3v) is 5.70. The van der Waals surface area contributed by atoms with E-state index in [1.54, 1.807) is 18.3 Å². The zero-order chi connectivity index (χ0) is 22.3. The quantitative estimate of drug-likeness (QED) is 0.523. The first kappa shape index (κ1) is 22.3. The normalized spacial score (nSPS) is 14.6. The number of aromatic nitrogens is 2. The molecule has 8 heteroatoms. The molecule has 32 heavy (non-hydrogen) atoms. The van der Waals surface area contributed by atoms with Gasteiger partial charge in [0.1, 0.15) is 5.15 Å². The highest BCUT2D eigenvalue weighted by Gasteiger charge is 2.20. The molecule has 164 valence electrons. The summed E-state index contributed by atoms with van der Waals surface area (Å²) in [6.45, 7) is 4.36. The third-order valence-electron chi connectivity index (χ3n) is 5.24. The van der Waals surface area contributed by atoms with Crippen LogP contribution < -0.4 is 10.2 Å². The van der Waals surface area contributed by atoms with Gasteiger partial charge in [-0.3, -0.25) is 9.69 Å². The maximum atomic E-state index is 12.6. The molecule has 3 heterocycles. The highest BCUT2D eigenvalue weighted by Crippen LogP contribution is 2.25. The maximum absolute atomic E-state index is 12.6. The summed E-state index contributed by atoms with van der Waals surface area (Å²) in [5.74, 6) is 0.534. The number of anilines is 2. The first-order chi connectivity index (χ1) is 15.6. The Labute approximate surface area is 197 Å². The van der Waals surface area contributed by atoms with Gasteiger partial charge >= 0.3 is 0 Å². The second-order valence-corrected chi connectivity index (χ2v) is 8.26. The van der Waals surface area contributed by atoms with Crippen molar-refractivity contribution >= 4 is 46.7 Å². The average molecular weight is 468 g/mol. The van der Waals surface area contributed by atoms with E-state index in [0.29, 0.717) is 11.3 Å². The molecule has 1 aromatic carbocycles. The van der Waals surface area contributed by atoms with Gasteiger partial charge < -0.3 is 10.2 Å². The number of carbonyl (C=O) groups excluding carboxylic acids is 1. The molecule has 4 rings (SSSR count). The molecule has 1 amide bonds. The van der Waals surface area contributed by atoms with Crippen LogP contribution in [-0.4, -0.2) is 53.5 Å². The number of carbonyl (C=O) groups is 1. The number of amides is 1. The van der Waals surface area contributed by atoms with Crippen molar-refractivity contribution < 1.29 is 4.79 Å².